The second kappa shape index (κ2) is 6.30. The summed E-state index contributed by atoms with van der Waals surface area (Å²) in [6, 6.07) is 11.5. The molecule has 0 fully saturated rings. The van der Waals surface area contributed by atoms with E-state index in [2.05, 4.69) is 0 Å². The van der Waals surface area contributed by atoms with Crippen LogP contribution < -0.4 is 0 Å². The van der Waals surface area contributed by atoms with Crippen LogP contribution >= 0.6 is 11.8 Å². The second-order valence-corrected chi connectivity index (χ2v) is 5.05. The summed E-state index contributed by atoms with van der Waals surface area (Å²) in [5, 5.41) is 19.0. The van der Waals surface area contributed by atoms with Gasteiger partial charge in [-0.1, -0.05) is 0 Å². The molecule has 102 valence electrons. The van der Waals surface area contributed by atoms with E-state index in [4.69, 9.17) is 0 Å². The molecule has 4 heteroatoms. The maximum atomic E-state index is 12.0. The first-order valence-corrected chi connectivity index (χ1v) is 7.21. The zero-order chi connectivity index (χ0) is 14.5. The molecule has 0 amide bonds. The Labute approximate surface area is 121 Å². The van der Waals surface area contributed by atoms with Crippen LogP contribution in [0.2, 0.25) is 0 Å². The normalized spacial score (nSPS) is 10.8. The molecule has 0 spiro atoms. The van der Waals surface area contributed by atoms with Gasteiger partial charge in [-0.05, 0) is 60.9 Å². The van der Waals surface area contributed by atoms with Crippen molar-refractivity contribution in [1.29, 1.82) is 0 Å². The maximum absolute atomic E-state index is 12.0. The van der Waals surface area contributed by atoms with Gasteiger partial charge in [0.25, 0.3) is 0 Å². The number of thioether (sulfide) groups is 1. The largest absolute Gasteiger partial charge is 0.508 e. The minimum atomic E-state index is -0.152. The fraction of sp³-hybridized carbons (Fsp3) is 0.0625. The topological polar surface area (TPSA) is 57.5 Å². The van der Waals surface area contributed by atoms with Crippen LogP contribution in [0, 0.1) is 0 Å². The van der Waals surface area contributed by atoms with Gasteiger partial charge < -0.3 is 10.2 Å². The van der Waals surface area contributed by atoms with Gasteiger partial charge >= 0.3 is 0 Å². The van der Waals surface area contributed by atoms with Gasteiger partial charge in [0.15, 0.2) is 5.78 Å². The molecular formula is C16H14O3S. The molecule has 0 unspecified atom stereocenters. The Bertz CT molecular complexity index is 645. The monoisotopic (exact) mass is 286 g/mol. The highest BCUT2D eigenvalue weighted by atomic mass is 32.2. The van der Waals surface area contributed by atoms with Gasteiger partial charge in [0.1, 0.15) is 11.5 Å². The number of benzene rings is 2. The van der Waals surface area contributed by atoms with E-state index in [0.717, 1.165) is 4.90 Å². The molecule has 0 aliphatic carbocycles. The van der Waals surface area contributed by atoms with E-state index in [1.54, 1.807) is 23.9 Å². The smallest absolute Gasteiger partial charge is 0.185 e. The minimum Gasteiger partial charge on any atom is -0.508 e. The summed E-state index contributed by atoms with van der Waals surface area (Å²) in [7, 11) is 0. The number of hydrogen-bond acceptors (Lipinski definition) is 4. The third-order valence-electron chi connectivity index (χ3n) is 2.80. The first-order chi connectivity index (χ1) is 9.60. The molecule has 0 atom stereocenters. The molecule has 2 aromatic carbocycles. The first-order valence-electron chi connectivity index (χ1n) is 5.98. The third kappa shape index (κ3) is 3.42. The molecule has 0 aliphatic heterocycles. The van der Waals surface area contributed by atoms with E-state index in [0.29, 0.717) is 11.1 Å². The Hall–Kier alpha value is -2.20. The number of hydrogen-bond donors (Lipinski definition) is 2. The molecule has 2 rings (SSSR count). The molecule has 0 saturated heterocycles. The average molecular weight is 286 g/mol. The molecule has 0 saturated carbocycles. The molecule has 2 aromatic rings. The van der Waals surface area contributed by atoms with E-state index >= 15 is 0 Å². The highest BCUT2D eigenvalue weighted by Crippen LogP contribution is 2.23. The number of phenols is 2. The molecule has 0 bridgehead atoms. The Morgan fingerprint density at radius 3 is 2.45 bits per heavy atom. The predicted octanol–water partition coefficient (Wildman–Crippen LogP) is 3.72. The Morgan fingerprint density at radius 1 is 1.10 bits per heavy atom. The van der Waals surface area contributed by atoms with Crippen LogP contribution in [0.1, 0.15) is 15.9 Å². The quantitative estimate of drug-likeness (QED) is 0.389. The number of allylic oxidation sites excluding steroid dienone is 1. The van der Waals surface area contributed by atoms with Crippen LogP contribution in [-0.2, 0) is 0 Å². The van der Waals surface area contributed by atoms with Gasteiger partial charge in [-0.3, -0.25) is 4.79 Å². The highest BCUT2D eigenvalue weighted by molar-refractivity contribution is 7.98. The molecule has 20 heavy (non-hydrogen) atoms. The number of carbonyl (C=O) groups excluding carboxylic acids is 1. The third-order valence-corrected chi connectivity index (χ3v) is 3.54. The first kappa shape index (κ1) is 14.2. The predicted molar refractivity (Wildman–Crippen MR) is 81.4 cm³/mol. The fourth-order valence-corrected chi connectivity index (χ4v) is 2.10. The van der Waals surface area contributed by atoms with Gasteiger partial charge in [-0.2, -0.15) is 0 Å². The lowest BCUT2D eigenvalue weighted by Crippen LogP contribution is -1.93. The minimum absolute atomic E-state index is 0.0181. The van der Waals surface area contributed by atoms with Gasteiger partial charge in [-0.25, -0.2) is 0 Å². The van der Waals surface area contributed by atoms with E-state index in [-0.39, 0.29) is 17.3 Å². The van der Waals surface area contributed by atoms with Crippen molar-refractivity contribution in [1.82, 2.24) is 0 Å². The van der Waals surface area contributed by atoms with Crippen molar-refractivity contribution in [2.45, 2.75) is 4.90 Å². The Balaban J connectivity index is 2.17. The summed E-state index contributed by atoms with van der Waals surface area (Å²) >= 11 is 1.61. The SMILES string of the molecule is CSc1ccc(C(=O)C=Cc2cc(O)ccc2O)cc1. The van der Waals surface area contributed by atoms with Crippen molar-refractivity contribution in [2.24, 2.45) is 0 Å². The number of carbonyl (C=O) groups is 1. The summed E-state index contributed by atoms with van der Waals surface area (Å²) in [6.45, 7) is 0. The van der Waals surface area contributed by atoms with Crippen LogP contribution in [0.5, 0.6) is 11.5 Å². The van der Waals surface area contributed by atoms with E-state index in [9.17, 15) is 15.0 Å². The lowest BCUT2D eigenvalue weighted by molar-refractivity contribution is 0.104. The molecule has 3 nitrogen and oxygen atoms in total. The standard InChI is InChI=1S/C16H14O3S/c1-20-14-6-2-11(3-7-14)15(18)8-4-12-10-13(17)5-9-16(12)19/h2-10,17,19H,1H3. The van der Waals surface area contributed by atoms with Crippen molar-refractivity contribution in [3.63, 3.8) is 0 Å². The molecular weight excluding hydrogens is 272 g/mol. The van der Waals surface area contributed by atoms with Crippen LogP contribution in [0.3, 0.4) is 0 Å². The number of rotatable bonds is 4. The lowest BCUT2D eigenvalue weighted by Gasteiger charge is -2.00. The highest BCUT2D eigenvalue weighted by Gasteiger charge is 2.03. The molecule has 2 N–H and O–H groups in total. The average Bonchev–Trinajstić information content (AvgIpc) is 2.48. The summed E-state index contributed by atoms with van der Waals surface area (Å²) in [5.74, 6) is -0.0933. The molecule has 0 heterocycles. The van der Waals surface area contributed by atoms with Gasteiger partial charge in [-0.15, -0.1) is 11.8 Å². The molecule has 0 radical (unpaired) electrons. The lowest BCUT2D eigenvalue weighted by atomic mass is 10.1. The molecule has 0 aliphatic rings. The van der Waals surface area contributed by atoms with Crippen LogP contribution in [0.4, 0.5) is 0 Å². The van der Waals surface area contributed by atoms with Gasteiger partial charge in [0, 0.05) is 16.0 Å². The number of phenolic OH excluding ortho intramolecular Hbond substituents is 2. The molecule has 0 aromatic heterocycles. The summed E-state index contributed by atoms with van der Waals surface area (Å²) in [6.07, 6.45) is 4.84. The zero-order valence-corrected chi connectivity index (χ0v) is 11.7. The van der Waals surface area contributed by atoms with Gasteiger partial charge in [0.2, 0.25) is 0 Å². The summed E-state index contributed by atoms with van der Waals surface area (Å²) in [5.41, 5.74) is 0.984. The number of aromatic hydroxyl groups is 2. The summed E-state index contributed by atoms with van der Waals surface area (Å²) < 4.78 is 0. The fourth-order valence-electron chi connectivity index (χ4n) is 1.69. The van der Waals surface area contributed by atoms with Crippen molar-refractivity contribution >= 4 is 23.6 Å². The Kier molecular flexibility index (Phi) is 4.48. The zero-order valence-electron chi connectivity index (χ0n) is 10.9. The summed E-state index contributed by atoms with van der Waals surface area (Å²) in [4.78, 5) is 13.1. The van der Waals surface area contributed by atoms with Crippen molar-refractivity contribution < 1.29 is 15.0 Å². The van der Waals surface area contributed by atoms with Gasteiger partial charge in [0.05, 0.1) is 0 Å². The maximum Gasteiger partial charge on any atom is 0.185 e. The van der Waals surface area contributed by atoms with Crippen molar-refractivity contribution in [3.8, 4) is 11.5 Å². The van der Waals surface area contributed by atoms with Crippen molar-refractivity contribution in [3.05, 3.63) is 59.7 Å². The van der Waals surface area contributed by atoms with Crippen LogP contribution in [0.25, 0.3) is 6.08 Å². The van der Waals surface area contributed by atoms with Crippen LogP contribution in [0.15, 0.2) is 53.4 Å². The van der Waals surface area contributed by atoms with E-state index < -0.39 is 0 Å². The van der Waals surface area contributed by atoms with Crippen molar-refractivity contribution in [2.75, 3.05) is 6.26 Å². The number of ketones is 1. The van der Waals surface area contributed by atoms with E-state index in [1.165, 1.54) is 30.4 Å². The Morgan fingerprint density at radius 2 is 1.80 bits per heavy atom. The second-order valence-electron chi connectivity index (χ2n) is 4.17. The van der Waals surface area contributed by atoms with Crippen LogP contribution in [-0.4, -0.2) is 22.3 Å². The van der Waals surface area contributed by atoms with E-state index in [1.807, 2.05) is 18.4 Å².